The molecule has 0 atom stereocenters. The zero-order valence-corrected chi connectivity index (χ0v) is 22.8. The van der Waals surface area contributed by atoms with E-state index in [9.17, 15) is 8.78 Å². The molecule has 4 rings (SSSR count). The third-order valence-electron chi connectivity index (χ3n) is 5.73. The third-order valence-corrected chi connectivity index (χ3v) is 12.9. The van der Waals surface area contributed by atoms with Gasteiger partial charge in [-0.1, -0.05) is 23.5 Å². The summed E-state index contributed by atoms with van der Waals surface area (Å²) in [4.78, 5) is 2.65. The van der Waals surface area contributed by atoms with E-state index in [1.807, 2.05) is 37.4 Å². The molecular weight excluding hydrogens is 515 g/mol. The fourth-order valence-corrected chi connectivity index (χ4v) is 10.3. The van der Waals surface area contributed by atoms with Crippen LogP contribution < -0.4 is 9.06 Å². The molecule has 1 aliphatic rings. The van der Waals surface area contributed by atoms with Gasteiger partial charge in [-0.3, -0.25) is 0 Å². The number of allylic oxidation sites excluding steroid dienone is 2. The van der Waals surface area contributed by atoms with Crippen LogP contribution in [0.25, 0.3) is 9.81 Å². The molecule has 0 fully saturated rings. The van der Waals surface area contributed by atoms with Crippen LogP contribution >= 0.6 is 57.5 Å². The minimum atomic E-state index is -1.13. The van der Waals surface area contributed by atoms with Crippen LogP contribution in [0.15, 0.2) is 9.81 Å². The average molecular weight is 533 g/mol. The molecule has 9 heteroatoms. The van der Waals surface area contributed by atoms with Crippen LogP contribution in [-0.2, 0) is 0 Å². The molecular formula is C24H18F2N2S5. The van der Waals surface area contributed by atoms with Crippen LogP contribution in [0.4, 0.5) is 8.78 Å². The molecule has 0 spiro atoms. The molecule has 0 saturated carbocycles. The predicted molar refractivity (Wildman–Crippen MR) is 138 cm³/mol. The second-order valence-electron chi connectivity index (χ2n) is 7.61. The fraction of sp³-hybridized carbons (Fsp3) is 0.250. The molecule has 168 valence electrons. The summed E-state index contributed by atoms with van der Waals surface area (Å²) in [5.41, 5.74) is 3.95. The topological polar surface area (TPSA) is 47.6 Å². The molecule has 0 saturated heterocycles. The molecule has 0 aliphatic carbocycles. The number of rotatable bonds is 0. The fourth-order valence-electron chi connectivity index (χ4n) is 3.40. The molecule has 3 aromatic rings. The summed E-state index contributed by atoms with van der Waals surface area (Å²) >= 11 is 7.63. The van der Waals surface area contributed by atoms with Gasteiger partial charge < -0.3 is 0 Å². The van der Waals surface area contributed by atoms with Crippen LogP contribution in [0.1, 0.15) is 36.1 Å². The van der Waals surface area contributed by atoms with Crippen molar-refractivity contribution in [2.24, 2.45) is 0 Å². The van der Waals surface area contributed by atoms with Gasteiger partial charge in [0.05, 0.1) is 22.4 Å². The SMILES string of the molecule is CC1=C(C)SC(=c2s/c(=c3/s/c(=c4/sc(=C(C#N)C#N)c(F)c4F)c(C)c3C)c(C)c2C)S1. The summed E-state index contributed by atoms with van der Waals surface area (Å²) in [6.45, 7) is 12.4. The molecule has 0 radical (unpaired) electrons. The smallest absolute Gasteiger partial charge is 0.179 e. The van der Waals surface area contributed by atoms with Crippen molar-refractivity contribution in [3.05, 3.63) is 70.9 Å². The first kappa shape index (κ1) is 24.3. The molecule has 0 bridgehead atoms. The van der Waals surface area contributed by atoms with Gasteiger partial charge in [-0.15, -0.1) is 34.0 Å². The summed E-state index contributed by atoms with van der Waals surface area (Å²) in [6, 6.07) is 3.32. The van der Waals surface area contributed by atoms with Crippen LogP contribution in [-0.4, -0.2) is 0 Å². The Morgan fingerprint density at radius 1 is 0.606 bits per heavy atom. The maximum absolute atomic E-state index is 14.9. The first-order chi connectivity index (χ1) is 15.6. The third kappa shape index (κ3) is 3.90. The van der Waals surface area contributed by atoms with Gasteiger partial charge in [0.15, 0.2) is 11.6 Å². The molecule has 33 heavy (non-hydrogen) atoms. The standard InChI is InChI=1S/C24H18F2N2S5/c1-9-10(2)20(23-17(26)16(25)22(33-23)15(7-27)8-28)31-18(9)19-11(3)12(4)21(32-19)24-29-13(5)14(6)30-24/h1-6H3/b19-18+,23-20+. The van der Waals surface area contributed by atoms with Crippen LogP contribution in [0, 0.1) is 80.1 Å². The summed E-state index contributed by atoms with van der Waals surface area (Å²) in [6.07, 6.45) is 0. The first-order valence-electron chi connectivity index (χ1n) is 9.87. The van der Waals surface area contributed by atoms with E-state index in [1.54, 1.807) is 23.5 Å². The van der Waals surface area contributed by atoms with Gasteiger partial charge in [-0.2, -0.15) is 10.5 Å². The van der Waals surface area contributed by atoms with Gasteiger partial charge in [0, 0.05) is 9.06 Å². The van der Waals surface area contributed by atoms with Gasteiger partial charge >= 0.3 is 0 Å². The molecule has 0 unspecified atom stereocenters. The van der Waals surface area contributed by atoms with E-state index in [4.69, 9.17) is 10.5 Å². The highest BCUT2D eigenvalue weighted by atomic mass is 32.2. The maximum atomic E-state index is 14.9. The van der Waals surface area contributed by atoms with Gasteiger partial charge in [-0.05, 0) is 73.6 Å². The Morgan fingerprint density at radius 3 is 1.52 bits per heavy atom. The number of hydrogen-bond donors (Lipinski definition) is 0. The molecule has 4 heterocycles. The predicted octanol–water partition coefficient (Wildman–Crippen LogP) is 6.95. The number of thiophene rings is 3. The van der Waals surface area contributed by atoms with Crippen molar-refractivity contribution in [1.82, 2.24) is 0 Å². The van der Waals surface area contributed by atoms with E-state index in [0.29, 0.717) is 4.53 Å². The molecule has 0 amide bonds. The van der Waals surface area contributed by atoms with Gasteiger partial charge in [0.25, 0.3) is 0 Å². The molecule has 1 aliphatic heterocycles. The van der Waals surface area contributed by atoms with Gasteiger partial charge in [0.1, 0.15) is 17.7 Å². The molecule has 0 aromatic carbocycles. The van der Waals surface area contributed by atoms with Crippen molar-refractivity contribution < 1.29 is 8.78 Å². The average Bonchev–Trinajstić information content (AvgIpc) is 3.46. The number of halogens is 2. The van der Waals surface area contributed by atoms with E-state index in [2.05, 4.69) is 27.7 Å². The Balaban J connectivity index is 2.17. The van der Waals surface area contributed by atoms with Crippen molar-refractivity contribution in [3.63, 3.8) is 0 Å². The zero-order valence-electron chi connectivity index (χ0n) is 18.7. The summed E-state index contributed by atoms with van der Waals surface area (Å²) in [5.74, 6) is -2.13. The Labute approximate surface area is 210 Å². The highest BCUT2D eigenvalue weighted by Crippen LogP contribution is 2.49. The second kappa shape index (κ2) is 9.05. The number of hydrogen-bond acceptors (Lipinski definition) is 7. The van der Waals surface area contributed by atoms with Gasteiger partial charge in [-0.25, -0.2) is 8.78 Å². The number of nitrogens with zero attached hydrogens (tertiary/aromatic N) is 2. The van der Waals surface area contributed by atoms with Crippen molar-refractivity contribution in [2.45, 2.75) is 41.5 Å². The van der Waals surface area contributed by atoms with Crippen LogP contribution in [0.3, 0.4) is 0 Å². The van der Waals surface area contributed by atoms with Crippen LogP contribution in [0.2, 0.25) is 0 Å². The van der Waals surface area contributed by atoms with Gasteiger partial charge in [0.2, 0.25) is 0 Å². The maximum Gasteiger partial charge on any atom is 0.179 e. The van der Waals surface area contributed by atoms with E-state index in [0.717, 1.165) is 31.5 Å². The van der Waals surface area contributed by atoms with Crippen LogP contribution in [0.5, 0.6) is 0 Å². The largest absolute Gasteiger partial charge is 0.202 e. The highest BCUT2D eigenvalue weighted by molar-refractivity contribution is 8.35. The van der Waals surface area contributed by atoms with E-state index >= 15 is 0 Å². The minimum absolute atomic E-state index is 0.139. The Kier molecular flexibility index (Phi) is 6.65. The summed E-state index contributed by atoms with van der Waals surface area (Å²) in [5, 5.41) is 18.2. The lowest BCUT2D eigenvalue weighted by Gasteiger charge is -1.94. The van der Waals surface area contributed by atoms with Crippen molar-refractivity contribution >= 4 is 67.3 Å². The Morgan fingerprint density at radius 2 is 1.03 bits per heavy atom. The molecule has 3 aromatic heterocycles. The summed E-state index contributed by atoms with van der Waals surface area (Å²) in [7, 11) is 0. The zero-order chi connectivity index (χ0) is 24.2. The van der Waals surface area contributed by atoms with E-state index in [-0.39, 0.29) is 9.06 Å². The number of thioether (sulfide) groups is 2. The quantitative estimate of drug-likeness (QED) is 0.314. The molecule has 2 nitrogen and oxygen atoms in total. The van der Waals surface area contributed by atoms with Crippen molar-refractivity contribution in [2.75, 3.05) is 0 Å². The summed E-state index contributed by atoms with van der Waals surface area (Å²) < 4.78 is 34.7. The highest BCUT2D eigenvalue weighted by Gasteiger charge is 2.19. The minimum Gasteiger partial charge on any atom is -0.202 e. The Hall–Kier alpha value is -1.88. The lowest BCUT2D eigenvalue weighted by atomic mass is 10.1. The van der Waals surface area contributed by atoms with E-state index in [1.165, 1.54) is 41.0 Å². The van der Waals surface area contributed by atoms with E-state index < -0.39 is 17.2 Å². The lowest BCUT2D eigenvalue weighted by Crippen LogP contribution is -2.03. The lowest BCUT2D eigenvalue weighted by molar-refractivity contribution is 0.508. The number of nitriles is 2. The first-order valence-corrected chi connectivity index (χ1v) is 13.9. The normalized spacial score (nSPS) is 15.8. The molecule has 0 N–H and O–H groups in total. The van der Waals surface area contributed by atoms with Crippen molar-refractivity contribution in [1.29, 1.82) is 10.5 Å². The Bertz CT molecular complexity index is 1740. The van der Waals surface area contributed by atoms with Crippen molar-refractivity contribution in [3.8, 4) is 12.1 Å². The second-order valence-corrected chi connectivity index (χ2v) is 13.4. The monoisotopic (exact) mass is 532 g/mol.